The Hall–Kier alpha value is -3.39. The molecule has 0 aromatic carbocycles. The third-order valence-electron chi connectivity index (χ3n) is 5.10. The summed E-state index contributed by atoms with van der Waals surface area (Å²) < 4.78 is 12.5. The Morgan fingerprint density at radius 3 is 2.59 bits per heavy atom. The second-order valence-electron chi connectivity index (χ2n) is 7.21. The van der Waals surface area contributed by atoms with Crippen molar-refractivity contribution in [3.05, 3.63) is 62.9 Å². The monoisotopic (exact) mass is 524 g/mol. The number of allylic oxidation sites excluding steroid dienone is 2. The molecule has 0 amide bonds. The Kier molecular flexibility index (Phi) is 16.3. The summed E-state index contributed by atoms with van der Waals surface area (Å²) >= 11 is 0. The zero-order chi connectivity index (χ0) is 28.5. The summed E-state index contributed by atoms with van der Waals surface area (Å²) in [5.74, 6) is 0.0966. The van der Waals surface area contributed by atoms with E-state index in [4.69, 9.17) is 25.4 Å². The number of aromatic amines is 1. The molecule has 13 nitrogen and oxygen atoms in total. The van der Waals surface area contributed by atoms with E-state index in [1.807, 2.05) is 13.8 Å². The lowest BCUT2D eigenvalue weighted by molar-refractivity contribution is -0.420. The van der Waals surface area contributed by atoms with E-state index in [0.717, 1.165) is 32.4 Å². The normalized spacial score (nSPS) is 17.9. The molecule has 2 aromatic heterocycles. The van der Waals surface area contributed by atoms with Gasteiger partial charge in [0, 0.05) is 13.2 Å². The minimum Gasteiger partial charge on any atom is -0.400 e. The van der Waals surface area contributed by atoms with Crippen LogP contribution in [0.15, 0.2) is 47.2 Å². The topological polar surface area (TPSA) is 192 Å². The zero-order valence-corrected chi connectivity index (χ0v) is 22.4. The predicted molar refractivity (Wildman–Crippen MR) is 142 cm³/mol. The first-order valence-electron chi connectivity index (χ1n) is 12.0. The molecule has 1 fully saturated rings. The van der Waals surface area contributed by atoms with E-state index in [1.54, 1.807) is 36.9 Å². The summed E-state index contributed by atoms with van der Waals surface area (Å²) in [4.78, 5) is 32.4. The average molecular weight is 525 g/mol. The summed E-state index contributed by atoms with van der Waals surface area (Å²) in [5.41, 5.74) is 6.29. The Labute approximate surface area is 216 Å². The number of nitrogen functional groups attached to an aromatic ring is 1. The lowest BCUT2D eigenvalue weighted by Gasteiger charge is -2.14. The Morgan fingerprint density at radius 2 is 2.11 bits per heavy atom. The zero-order valence-electron chi connectivity index (χ0n) is 22.4. The third-order valence-corrected chi connectivity index (χ3v) is 5.10. The van der Waals surface area contributed by atoms with Crippen LogP contribution in [0.5, 0.6) is 0 Å². The minimum atomic E-state index is -0.551. The molecule has 2 aromatic rings. The molecule has 3 rings (SSSR count). The number of anilines is 1. The van der Waals surface area contributed by atoms with Crippen LogP contribution in [0.25, 0.3) is 11.2 Å². The van der Waals surface area contributed by atoms with Gasteiger partial charge in [0.15, 0.2) is 11.2 Å². The van der Waals surface area contributed by atoms with Crippen LogP contribution < -0.4 is 11.3 Å². The van der Waals surface area contributed by atoms with Crippen molar-refractivity contribution in [2.75, 3.05) is 19.6 Å². The number of aromatic nitrogens is 4. The van der Waals surface area contributed by atoms with E-state index >= 15 is 0 Å². The molecule has 0 saturated carbocycles. The molecule has 3 atom stereocenters. The molecule has 1 saturated heterocycles. The fourth-order valence-corrected chi connectivity index (χ4v) is 3.45. The van der Waals surface area contributed by atoms with Crippen LogP contribution in [-0.2, 0) is 9.47 Å². The molecule has 5 N–H and O–H groups in total. The van der Waals surface area contributed by atoms with Gasteiger partial charge in [0.05, 0.1) is 29.0 Å². The van der Waals surface area contributed by atoms with E-state index < -0.39 is 17.8 Å². The fourth-order valence-electron chi connectivity index (χ4n) is 3.45. The van der Waals surface area contributed by atoms with Crippen LogP contribution in [0.3, 0.4) is 0 Å². The van der Waals surface area contributed by atoms with Gasteiger partial charge >= 0.3 is 0 Å². The highest BCUT2D eigenvalue weighted by atomic mass is 16.6. The average Bonchev–Trinajstić information content (AvgIpc) is 3.54. The smallest absolute Gasteiger partial charge is 0.280 e. The van der Waals surface area contributed by atoms with E-state index in [9.17, 15) is 14.9 Å². The Bertz CT molecular complexity index is 1090. The Balaban J connectivity index is 0.000000629. The van der Waals surface area contributed by atoms with Gasteiger partial charge in [-0.3, -0.25) is 24.5 Å². The number of fused-ring (bicyclic) bond motifs is 1. The number of nitrogens with one attached hydrogen (secondary N) is 1. The number of nitrogens with two attached hydrogens (primary N) is 1. The molecule has 0 spiro atoms. The van der Waals surface area contributed by atoms with Crippen LogP contribution in [0.1, 0.15) is 60.1 Å². The molecule has 1 aliphatic heterocycles. The van der Waals surface area contributed by atoms with Crippen molar-refractivity contribution in [1.82, 2.24) is 19.5 Å². The number of hydrogen-bond acceptors (Lipinski definition) is 10. The van der Waals surface area contributed by atoms with E-state index in [1.165, 1.54) is 0 Å². The Morgan fingerprint density at radius 1 is 1.46 bits per heavy atom. The van der Waals surface area contributed by atoms with E-state index in [2.05, 4.69) is 28.5 Å². The highest BCUT2D eigenvalue weighted by Crippen LogP contribution is 2.31. The summed E-state index contributed by atoms with van der Waals surface area (Å²) in [6.07, 6.45) is 8.50. The SMILES string of the molecule is C=C/C(=C(\C=C/C)C(C)OCO)[N+](=O)[O-].CC.CC[C@@H]1CCC(n2cnc3c(=O)[nH]c(N)nc32)O1.CO. The lowest BCUT2D eigenvalue weighted by atomic mass is 10.1. The molecule has 0 radical (unpaired) electrons. The number of ether oxygens (including phenoxy) is 2. The van der Waals surface area contributed by atoms with Gasteiger partial charge in [-0.1, -0.05) is 39.5 Å². The van der Waals surface area contributed by atoms with Crippen LogP contribution >= 0.6 is 0 Å². The maximum absolute atomic E-state index is 11.7. The highest BCUT2D eigenvalue weighted by Gasteiger charge is 2.27. The third kappa shape index (κ3) is 9.53. The summed E-state index contributed by atoms with van der Waals surface area (Å²) in [6, 6.07) is 0. The van der Waals surface area contributed by atoms with Crippen molar-refractivity contribution in [2.45, 2.75) is 72.3 Å². The second kappa shape index (κ2) is 17.9. The number of nitrogens with zero attached hydrogens (tertiary/aromatic N) is 4. The van der Waals surface area contributed by atoms with Crippen LogP contribution in [0.2, 0.25) is 0 Å². The molecule has 1 aliphatic rings. The standard InChI is InChI=1S/C11H15N5O2.C10H15NO4.C2H6.CH4O/c1-2-6-3-4-7(18-6)16-5-13-8-9(16)14-11(12)15-10(8)17;1-4-6-9(8(3)15-7-12)10(5-2)11(13)14;2*1-2/h5-7H,2-4H2,1H3,(H3,12,14,15,17);4-6,8,12H,2,7H2,1,3H3;1-2H3;2H,1H3/b;6-4-,10-9-;;/t6-,7?;;;/m1.../s1. The van der Waals surface area contributed by atoms with E-state index in [-0.39, 0.29) is 29.5 Å². The molecular weight excluding hydrogens is 484 g/mol. The van der Waals surface area contributed by atoms with Crippen molar-refractivity contribution < 1.29 is 24.6 Å². The van der Waals surface area contributed by atoms with E-state index in [0.29, 0.717) is 16.7 Å². The van der Waals surface area contributed by atoms with Crippen LogP contribution in [0, 0.1) is 10.1 Å². The summed E-state index contributed by atoms with van der Waals surface area (Å²) in [6.45, 7) is 12.4. The largest absolute Gasteiger partial charge is 0.400 e. The van der Waals surface area contributed by atoms with Crippen molar-refractivity contribution in [1.29, 1.82) is 0 Å². The van der Waals surface area contributed by atoms with Gasteiger partial charge in [0.25, 0.3) is 11.3 Å². The van der Waals surface area contributed by atoms with Gasteiger partial charge in [0.1, 0.15) is 13.0 Å². The molecule has 13 heteroatoms. The van der Waals surface area contributed by atoms with Crippen molar-refractivity contribution >= 4 is 17.1 Å². The minimum absolute atomic E-state index is 0.0966. The first-order chi connectivity index (χ1) is 17.8. The predicted octanol–water partition coefficient (Wildman–Crippen LogP) is 3.06. The number of imidazole rings is 1. The van der Waals surface area contributed by atoms with Crippen molar-refractivity contribution in [3.8, 4) is 0 Å². The fraction of sp³-hybridized carbons (Fsp3) is 0.542. The van der Waals surface area contributed by atoms with Gasteiger partial charge in [-0.2, -0.15) is 4.98 Å². The van der Waals surface area contributed by atoms with Crippen LogP contribution in [0.4, 0.5) is 5.95 Å². The van der Waals surface area contributed by atoms with Crippen LogP contribution in [-0.4, -0.2) is 60.8 Å². The maximum atomic E-state index is 11.7. The molecule has 2 unspecified atom stereocenters. The number of aliphatic hydroxyl groups excluding tert-OH is 2. The van der Waals surface area contributed by atoms with Crippen molar-refractivity contribution in [3.63, 3.8) is 0 Å². The van der Waals surface area contributed by atoms with Gasteiger partial charge < -0.3 is 25.4 Å². The quantitative estimate of drug-likeness (QED) is 0.173. The molecule has 3 heterocycles. The molecular formula is C24H40N6O7. The van der Waals surface area contributed by atoms with Gasteiger partial charge in [-0.05, 0) is 33.1 Å². The molecule has 37 heavy (non-hydrogen) atoms. The molecule has 208 valence electrons. The number of aliphatic hydroxyl groups is 2. The number of H-pyrrole nitrogens is 1. The lowest BCUT2D eigenvalue weighted by Crippen LogP contribution is -2.15. The summed E-state index contributed by atoms with van der Waals surface area (Å²) in [5, 5.41) is 26.3. The van der Waals surface area contributed by atoms with Crippen molar-refractivity contribution in [2.24, 2.45) is 0 Å². The first kappa shape index (κ1) is 33.6. The van der Waals surface area contributed by atoms with Gasteiger partial charge in [-0.15, -0.1) is 0 Å². The number of hydrogen-bond donors (Lipinski definition) is 4. The highest BCUT2D eigenvalue weighted by molar-refractivity contribution is 5.70. The number of nitro groups is 1. The van der Waals surface area contributed by atoms with Gasteiger partial charge in [-0.25, -0.2) is 4.98 Å². The molecule has 0 aliphatic carbocycles. The summed E-state index contributed by atoms with van der Waals surface area (Å²) in [7, 11) is 1.00. The molecule has 0 bridgehead atoms. The maximum Gasteiger partial charge on any atom is 0.280 e. The van der Waals surface area contributed by atoms with Gasteiger partial charge in [0.2, 0.25) is 5.95 Å². The first-order valence-corrected chi connectivity index (χ1v) is 12.0. The second-order valence-corrected chi connectivity index (χ2v) is 7.21. The number of rotatable bonds is 8.